The van der Waals surface area contributed by atoms with Crippen molar-refractivity contribution in [2.45, 2.75) is 38.6 Å². The quantitative estimate of drug-likeness (QED) is 0.851. The Bertz CT molecular complexity index is 963. The van der Waals surface area contributed by atoms with Crippen molar-refractivity contribution in [2.75, 3.05) is 18.6 Å². The summed E-state index contributed by atoms with van der Waals surface area (Å²) in [5.74, 6) is 0.333. The molecular weight excluding hydrogens is 358 g/mol. The van der Waals surface area contributed by atoms with Gasteiger partial charge >= 0.3 is 0 Å². The number of anilines is 1. The number of aromatic amines is 1. The Balaban J connectivity index is 1.51. The van der Waals surface area contributed by atoms with Crippen LogP contribution < -0.4 is 15.0 Å². The number of rotatable bonds is 4. The normalized spacial score (nSPS) is 18.9. The lowest BCUT2D eigenvalue weighted by molar-refractivity contribution is -0.117. The number of carbonyl (C=O) groups excluding carboxylic acids is 3. The molecule has 7 heteroatoms. The van der Waals surface area contributed by atoms with E-state index in [1.54, 1.807) is 18.1 Å². The number of nitrogens with zero attached hydrogens (tertiary/aromatic N) is 1. The number of hydrogen-bond acceptors (Lipinski definition) is 4. The van der Waals surface area contributed by atoms with E-state index in [1.807, 2.05) is 25.1 Å². The second-order valence-electron chi connectivity index (χ2n) is 7.34. The topological polar surface area (TPSA) is 91.5 Å². The third-order valence-electron chi connectivity index (χ3n) is 5.43. The van der Waals surface area contributed by atoms with E-state index in [4.69, 9.17) is 4.74 Å². The van der Waals surface area contributed by atoms with E-state index in [0.29, 0.717) is 35.5 Å². The molecule has 28 heavy (non-hydrogen) atoms. The number of benzene rings is 1. The average molecular weight is 381 g/mol. The van der Waals surface area contributed by atoms with E-state index in [9.17, 15) is 14.4 Å². The molecular formula is C21H23N3O4. The van der Waals surface area contributed by atoms with E-state index >= 15 is 0 Å². The highest BCUT2D eigenvalue weighted by Crippen LogP contribution is 2.28. The fraction of sp³-hybridized carbons (Fsp3) is 0.381. The van der Waals surface area contributed by atoms with Gasteiger partial charge in [0, 0.05) is 42.5 Å². The average Bonchev–Trinajstić information content (AvgIpc) is 3.21. The number of fused-ring (bicyclic) bond motifs is 1. The van der Waals surface area contributed by atoms with Crippen LogP contribution in [0.5, 0.6) is 5.75 Å². The number of amides is 2. The van der Waals surface area contributed by atoms with Gasteiger partial charge in [-0.25, -0.2) is 0 Å². The zero-order valence-corrected chi connectivity index (χ0v) is 16.0. The van der Waals surface area contributed by atoms with Crippen molar-refractivity contribution in [2.24, 2.45) is 0 Å². The number of carbonyl (C=O) groups is 3. The minimum atomic E-state index is -0.310. The van der Waals surface area contributed by atoms with Crippen molar-refractivity contribution < 1.29 is 19.1 Å². The molecule has 1 fully saturated rings. The van der Waals surface area contributed by atoms with Crippen molar-refractivity contribution in [3.63, 3.8) is 0 Å². The van der Waals surface area contributed by atoms with Crippen LogP contribution in [0.15, 0.2) is 24.3 Å². The highest BCUT2D eigenvalue weighted by Gasteiger charge is 2.34. The van der Waals surface area contributed by atoms with Crippen LogP contribution in [0.1, 0.15) is 51.4 Å². The minimum absolute atomic E-state index is 0.0104. The van der Waals surface area contributed by atoms with Crippen LogP contribution >= 0.6 is 0 Å². The molecule has 0 radical (unpaired) electrons. The molecule has 0 bridgehead atoms. The van der Waals surface area contributed by atoms with Crippen LogP contribution in [0.4, 0.5) is 5.69 Å². The molecule has 1 atom stereocenters. The maximum absolute atomic E-state index is 12.9. The summed E-state index contributed by atoms with van der Waals surface area (Å²) in [4.78, 5) is 42.6. The molecule has 4 rings (SSSR count). The molecule has 7 nitrogen and oxygen atoms in total. The number of H-pyrrole nitrogens is 1. The van der Waals surface area contributed by atoms with E-state index in [-0.39, 0.29) is 30.1 Å². The Morgan fingerprint density at radius 1 is 1.29 bits per heavy atom. The van der Waals surface area contributed by atoms with Gasteiger partial charge in [0.2, 0.25) is 5.91 Å². The van der Waals surface area contributed by atoms with Gasteiger partial charge in [0.1, 0.15) is 5.75 Å². The van der Waals surface area contributed by atoms with Crippen LogP contribution in [0.2, 0.25) is 0 Å². The van der Waals surface area contributed by atoms with Crippen molar-refractivity contribution in [1.29, 1.82) is 0 Å². The van der Waals surface area contributed by atoms with Gasteiger partial charge in [-0.15, -0.1) is 0 Å². The molecule has 0 spiro atoms. The summed E-state index contributed by atoms with van der Waals surface area (Å²) in [5.41, 5.74) is 3.24. The fourth-order valence-electron chi connectivity index (χ4n) is 4.11. The molecule has 2 aromatic rings. The van der Waals surface area contributed by atoms with Crippen molar-refractivity contribution in [3.8, 4) is 5.75 Å². The van der Waals surface area contributed by atoms with Gasteiger partial charge in [0.15, 0.2) is 5.78 Å². The highest BCUT2D eigenvalue weighted by molar-refractivity contribution is 6.10. The van der Waals surface area contributed by atoms with Gasteiger partial charge in [0.05, 0.1) is 24.3 Å². The summed E-state index contributed by atoms with van der Waals surface area (Å²) in [6.07, 6.45) is 2.28. The molecule has 1 unspecified atom stereocenters. The Morgan fingerprint density at radius 3 is 2.89 bits per heavy atom. The second-order valence-corrected chi connectivity index (χ2v) is 7.34. The molecule has 1 aliphatic heterocycles. The number of hydrogen-bond donors (Lipinski definition) is 2. The van der Waals surface area contributed by atoms with E-state index in [1.165, 1.54) is 0 Å². The monoisotopic (exact) mass is 381 g/mol. The zero-order chi connectivity index (χ0) is 19.8. The second kappa shape index (κ2) is 7.14. The smallest absolute Gasteiger partial charge is 0.254 e. The first-order valence-corrected chi connectivity index (χ1v) is 9.48. The number of methoxy groups -OCH3 is 1. The lowest BCUT2D eigenvalue weighted by atomic mass is 9.93. The van der Waals surface area contributed by atoms with Gasteiger partial charge in [-0.05, 0) is 31.9 Å². The molecule has 1 aliphatic carbocycles. The number of aryl methyl sites for hydroxylation is 2. The lowest BCUT2D eigenvalue weighted by Gasteiger charge is -2.18. The predicted molar refractivity (Wildman–Crippen MR) is 104 cm³/mol. The molecule has 2 heterocycles. The van der Waals surface area contributed by atoms with Crippen LogP contribution in [0.25, 0.3) is 0 Å². The first kappa shape index (κ1) is 18.3. The van der Waals surface area contributed by atoms with Gasteiger partial charge in [0.25, 0.3) is 5.91 Å². The van der Waals surface area contributed by atoms with Crippen molar-refractivity contribution in [3.05, 3.63) is 46.8 Å². The SMILES string of the molecule is COc1cccc(N2CC(NC(=O)c3c(C)[nH]c4c3C(=O)CCC4)CC2=O)c1. The van der Waals surface area contributed by atoms with Crippen molar-refractivity contribution in [1.82, 2.24) is 10.3 Å². The number of Topliss-reactive ketones (excluding diaryl/α,β-unsaturated/α-hetero) is 1. The molecule has 1 saturated heterocycles. The Labute approximate surface area is 163 Å². The zero-order valence-electron chi connectivity index (χ0n) is 16.0. The molecule has 0 saturated carbocycles. The summed E-state index contributed by atoms with van der Waals surface area (Å²) in [7, 11) is 1.58. The summed E-state index contributed by atoms with van der Waals surface area (Å²) in [6, 6.07) is 6.98. The van der Waals surface area contributed by atoms with Gasteiger partial charge in [-0.3, -0.25) is 14.4 Å². The van der Waals surface area contributed by atoms with Crippen molar-refractivity contribution >= 4 is 23.3 Å². The molecule has 2 aliphatic rings. The van der Waals surface area contributed by atoms with E-state index in [2.05, 4.69) is 10.3 Å². The molecule has 1 aromatic carbocycles. The maximum Gasteiger partial charge on any atom is 0.254 e. The highest BCUT2D eigenvalue weighted by atomic mass is 16.5. The number of aromatic nitrogens is 1. The van der Waals surface area contributed by atoms with Gasteiger partial charge in [-0.2, -0.15) is 0 Å². The molecule has 2 N–H and O–H groups in total. The fourth-order valence-corrected chi connectivity index (χ4v) is 4.11. The van der Waals surface area contributed by atoms with Crippen LogP contribution in [0, 0.1) is 6.92 Å². The Hall–Kier alpha value is -3.09. The largest absolute Gasteiger partial charge is 0.497 e. The molecule has 146 valence electrons. The van der Waals surface area contributed by atoms with E-state index < -0.39 is 0 Å². The molecule has 1 aromatic heterocycles. The van der Waals surface area contributed by atoms with Crippen LogP contribution in [0.3, 0.4) is 0 Å². The van der Waals surface area contributed by atoms with Crippen LogP contribution in [-0.2, 0) is 11.2 Å². The summed E-state index contributed by atoms with van der Waals surface area (Å²) in [6.45, 7) is 2.19. The van der Waals surface area contributed by atoms with E-state index in [0.717, 1.165) is 24.2 Å². The van der Waals surface area contributed by atoms with Gasteiger partial charge in [-0.1, -0.05) is 6.07 Å². The number of ketones is 1. The standard InChI is InChI=1S/C21H23N3O4/c1-12-19(20-16(22-12)7-4-8-17(20)25)21(27)23-13-9-18(26)24(11-13)14-5-3-6-15(10-14)28-2/h3,5-6,10,13,22H,4,7-9,11H2,1-2H3,(H,23,27). The number of nitrogens with one attached hydrogen (secondary N) is 2. The summed E-state index contributed by atoms with van der Waals surface area (Å²) in [5, 5.41) is 2.95. The van der Waals surface area contributed by atoms with Gasteiger partial charge < -0.3 is 19.9 Å². The Kier molecular flexibility index (Phi) is 4.66. The minimum Gasteiger partial charge on any atom is -0.497 e. The predicted octanol–water partition coefficient (Wildman–Crippen LogP) is 2.39. The maximum atomic E-state index is 12.9. The first-order valence-electron chi connectivity index (χ1n) is 9.48. The Morgan fingerprint density at radius 2 is 2.11 bits per heavy atom. The van der Waals surface area contributed by atoms with Crippen LogP contribution in [-0.4, -0.2) is 42.3 Å². The summed E-state index contributed by atoms with van der Waals surface area (Å²) < 4.78 is 5.22. The third kappa shape index (κ3) is 3.17. The third-order valence-corrected chi connectivity index (χ3v) is 5.43. The lowest BCUT2D eigenvalue weighted by Crippen LogP contribution is -2.38. The first-order chi connectivity index (χ1) is 13.5. The molecule has 2 amide bonds. The summed E-state index contributed by atoms with van der Waals surface area (Å²) >= 11 is 0. The number of ether oxygens (including phenoxy) is 1.